The van der Waals surface area contributed by atoms with Gasteiger partial charge in [-0.15, -0.1) is 0 Å². The first kappa shape index (κ1) is 23.4. The standard InChI is InChI=1S/C24H23ClN6O3S/c25-19-5-6-21-22(14-19)29-24(28-21)35(33,34)31-11-9-30(10-12-31)23(32)17-3-1-16(2-4-17)18-7-8-27-20(13-18)15-26/h1-8,13-14H,9-12,15,26H2,(H,28,29). The zero-order valence-electron chi connectivity index (χ0n) is 18.7. The number of nitrogens with zero attached hydrogens (tertiary/aromatic N) is 4. The number of imidazole rings is 1. The number of aromatic amines is 1. The fourth-order valence-electron chi connectivity index (χ4n) is 4.09. The van der Waals surface area contributed by atoms with Crippen molar-refractivity contribution >= 4 is 38.6 Å². The number of hydrogen-bond donors (Lipinski definition) is 2. The molecule has 0 unspecified atom stereocenters. The molecule has 0 bridgehead atoms. The van der Waals surface area contributed by atoms with Gasteiger partial charge in [-0.25, -0.2) is 13.4 Å². The van der Waals surface area contributed by atoms with Gasteiger partial charge in [0, 0.05) is 49.5 Å². The number of benzene rings is 2. The van der Waals surface area contributed by atoms with Crippen molar-refractivity contribution in [3.05, 3.63) is 77.1 Å². The Labute approximate surface area is 207 Å². The van der Waals surface area contributed by atoms with E-state index in [9.17, 15) is 13.2 Å². The summed E-state index contributed by atoms with van der Waals surface area (Å²) in [6, 6.07) is 16.1. The summed E-state index contributed by atoms with van der Waals surface area (Å²) in [4.78, 5) is 25.9. The Balaban J connectivity index is 1.26. The van der Waals surface area contributed by atoms with E-state index in [1.165, 1.54) is 4.31 Å². The van der Waals surface area contributed by atoms with E-state index in [0.29, 0.717) is 28.2 Å². The van der Waals surface area contributed by atoms with Crippen LogP contribution in [0.1, 0.15) is 16.1 Å². The fourth-order valence-corrected chi connectivity index (χ4v) is 5.60. The van der Waals surface area contributed by atoms with Gasteiger partial charge in [-0.1, -0.05) is 23.7 Å². The van der Waals surface area contributed by atoms with Gasteiger partial charge in [0.1, 0.15) is 0 Å². The quantitative estimate of drug-likeness (QED) is 0.425. The van der Waals surface area contributed by atoms with Crippen LogP contribution in [0.25, 0.3) is 22.2 Å². The van der Waals surface area contributed by atoms with Crippen LogP contribution >= 0.6 is 11.6 Å². The molecule has 11 heteroatoms. The first-order valence-electron chi connectivity index (χ1n) is 11.1. The van der Waals surface area contributed by atoms with Crippen molar-refractivity contribution < 1.29 is 13.2 Å². The summed E-state index contributed by atoms with van der Waals surface area (Å²) in [5.74, 6) is -0.135. The molecule has 4 aromatic rings. The van der Waals surface area contributed by atoms with Crippen molar-refractivity contribution in [1.29, 1.82) is 0 Å². The molecule has 3 heterocycles. The van der Waals surface area contributed by atoms with Gasteiger partial charge in [-0.05, 0) is 53.6 Å². The van der Waals surface area contributed by atoms with E-state index in [2.05, 4.69) is 15.0 Å². The van der Waals surface area contributed by atoms with Crippen molar-refractivity contribution in [3.63, 3.8) is 0 Å². The number of sulfonamides is 1. The van der Waals surface area contributed by atoms with Crippen LogP contribution in [0.3, 0.4) is 0 Å². The lowest BCUT2D eigenvalue weighted by Gasteiger charge is -2.33. The molecule has 0 spiro atoms. The maximum absolute atomic E-state index is 13.1. The Morgan fingerprint density at radius 2 is 1.74 bits per heavy atom. The Morgan fingerprint density at radius 1 is 1.00 bits per heavy atom. The molecule has 1 amide bonds. The van der Waals surface area contributed by atoms with Crippen LogP contribution in [0, 0.1) is 0 Å². The number of halogens is 1. The van der Waals surface area contributed by atoms with Gasteiger partial charge in [0.05, 0.1) is 16.7 Å². The summed E-state index contributed by atoms with van der Waals surface area (Å²) in [6.07, 6.45) is 1.71. The minimum absolute atomic E-state index is 0.126. The Kier molecular flexibility index (Phi) is 6.28. The number of carbonyl (C=O) groups is 1. The number of aromatic nitrogens is 3. The summed E-state index contributed by atoms with van der Waals surface area (Å²) in [7, 11) is -3.82. The van der Waals surface area contributed by atoms with Crippen LogP contribution < -0.4 is 5.73 Å². The zero-order chi connectivity index (χ0) is 24.6. The van der Waals surface area contributed by atoms with Crippen molar-refractivity contribution in [2.24, 2.45) is 5.73 Å². The van der Waals surface area contributed by atoms with Gasteiger partial charge in [0.15, 0.2) is 0 Å². The highest BCUT2D eigenvalue weighted by Gasteiger charge is 2.32. The number of fused-ring (bicyclic) bond motifs is 1. The number of nitrogens with one attached hydrogen (secondary N) is 1. The first-order valence-corrected chi connectivity index (χ1v) is 12.9. The van der Waals surface area contributed by atoms with Crippen LogP contribution in [0.2, 0.25) is 5.02 Å². The summed E-state index contributed by atoms with van der Waals surface area (Å²) in [5, 5.41) is 0.366. The van der Waals surface area contributed by atoms with Gasteiger partial charge in [0.2, 0.25) is 5.16 Å². The van der Waals surface area contributed by atoms with Crippen LogP contribution in [0.15, 0.2) is 66.0 Å². The minimum Gasteiger partial charge on any atom is -0.336 e. The molecular formula is C24H23ClN6O3S. The molecule has 35 heavy (non-hydrogen) atoms. The summed E-state index contributed by atoms with van der Waals surface area (Å²) < 4.78 is 27.5. The molecule has 0 saturated carbocycles. The van der Waals surface area contributed by atoms with Crippen LogP contribution in [0.4, 0.5) is 0 Å². The largest absolute Gasteiger partial charge is 0.336 e. The number of pyridine rings is 1. The molecule has 180 valence electrons. The third-order valence-corrected chi connectivity index (χ3v) is 7.99. The Bertz CT molecular complexity index is 1500. The zero-order valence-corrected chi connectivity index (χ0v) is 20.3. The van der Waals surface area contributed by atoms with E-state index in [1.54, 1.807) is 41.4 Å². The number of rotatable bonds is 5. The van der Waals surface area contributed by atoms with Crippen molar-refractivity contribution in [3.8, 4) is 11.1 Å². The van der Waals surface area contributed by atoms with Crippen molar-refractivity contribution in [2.75, 3.05) is 26.2 Å². The summed E-state index contributed by atoms with van der Waals surface area (Å²) in [5.41, 5.74) is 10.0. The number of nitrogens with two attached hydrogens (primary N) is 1. The summed E-state index contributed by atoms with van der Waals surface area (Å²) in [6.45, 7) is 1.30. The van der Waals surface area contributed by atoms with Crippen molar-refractivity contribution in [2.45, 2.75) is 11.7 Å². The molecule has 1 aliphatic rings. The number of piperazine rings is 1. The molecule has 9 nitrogen and oxygen atoms in total. The van der Waals surface area contributed by atoms with E-state index in [0.717, 1.165) is 16.8 Å². The van der Waals surface area contributed by atoms with E-state index in [-0.39, 0.29) is 37.2 Å². The normalized spacial score (nSPS) is 15.0. The van der Waals surface area contributed by atoms with Gasteiger partial charge in [-0.2, -0.15) is 4.31 Å². The van der Waals surface area contributed by atoms with Gasteiger partial charge in [-0.3, -0.25) is 9.78 Å². The van der Waals surface area contributed by atoms with Crippen LogP contribution in [0.5, 0.6) is 0 Å². The third-order valence-electron chi connectivity index (χ3n) is 6.02. The molecule has 2 aromatic heterocycles. The first-order chi connectivity index (χ1) is 16.8. The Morgan fingerprint density at radius 3 is 2.46 bits per heavy atom. The van der Waals surface area contributed by atoms with Gasteiger partial charge < -0.3 is 15.6 Å². The molecule has 0 aliphatic carbocycles. The monoisotopic (exact) mass is 510 g/mol. The molecular weight excluding hydrogens is 488 g/mol. The highest BCUT2D eigenvalue weighted by molar-refractivity contribution is 7.89. The predicted molar refractivity (Wildman–Crippen MR) is 133 cm³/mol. The lowest BCUT2D eigenvalue weighted by Crippen LogP contribution is -2.50. The SMILES string of the molecule is NCc1cc(-c2ccc(C(=O)N3CCN(S(=O)(=O)c4nc5ccc(Cl)cc5[nH]4)CC3)cc2)ccn1. The fraction of sp³-hybridized carbons (Fsp3) is 0.208. The molecule has 3 N–H and O–H groups in total. The molecule has 0 atom stereocenters. The molecule has 1 saturated heterocycles. The lowest BCUT2D eigenvalue weighted by molar-refractivity contribution is 0.0697. The average Bonchev–Trinajstić information content (AvgIpc) is 3.33. The lowest BCUT2D eigenvalue weighted by atomic mass is 10.0. The van der Waals surface area contributed by atoms with E-state index >= 15 is 0 Å². The van der Waals surface area contributed by atoms with Crippen molar-refractivity contribution in [1.82, 2.24) is 24.2 Å². The Hall–Kier alpha value is -3.31. The topological polar surface area (TPSA) is 125 Å². The molecule has 1 fully saturated rings. The smallest absolute Gasteiger partial charge is 0.276 e. The average molecular weight is 511 g/mol. The van der Waals surface area contributed by atoms with Gasteiger partial charge >= 0.3 is 0 Å². The number of amides is 1. The molecule has 2 aromatic carbocycles. The van der Waals surface area contributed by atoms with E-state index in [4.69, 9.17) is 17.3 Å². The molecule has 5 rings (SSSR count). The highest BCUT2D eigenvalue weighted by atomic mass is 35.5. The second-order valence-corrected chi connectivity index (χ2v) is 10.5. The molecule has 0 radical (unpaired) electrons. The van der Waals surface area contributed by atoms with Crippen LogP contribution in [-0.2, 0) is 16.6 Å². The number of carbonyl (C=O) groups excluding carboxylic acids is 1. The van der Waals surface area contributed by atoms with E-state index in [1.807, 2.05) is 24.3 Å². The summed E-state index contributed by atoms with van der Waals surface area (Å²) >= 11 is 5.99. The van der Waals surface area contributed by atoms with Gasteiger partial charge in [0.25, 0.3) is 15.9 Å². The second kappa shape index (κ2) is 9.38. The number of hydrogen-bond acceptors (Lipinski definition) is 6. The second-order valence-electron chi connectivity index (χ2n) is 8.22. The maximum atomic E-state index is 13.1. The van der Waals surface area contributed by atoms with Crippen LogP contribution in [-0.4, -0.2) is 64.7 Å². The maximum Gasteiger partial charge on any atom is 0.276 e. The minimum atomic E-state index is -3.82. The number of H-pyrrole nitrogens is 1. The van der Waals surface area contributed by atoms with E-state index < -0.39 is 10.0 Å². The predicted octanol–water partition coefficient (Wildman–Crippen LogP) is 2.88. The highest BCUT2D eigenvalue weighted by Crippen LogP contribution is 2.23. The third kappa shape index (κ3) is 4.65. The molecule has 1 aliphatic heterocycles.